The van der Waals surface area contributed by atoms with E-state index in [1.807, 2.05) is 0 Å². The molecule has 14 heavy (non-hydrogen) atoms. The van der Waals surface area contributed by atoms with Crippen LogP contribution in [0.4, 0.5) is 0 Å². The molecule has 0 bridgehead atoms. The minimum atomic E-state index is -0.705. The summed E-state index contributed by atoms with van der Waals surface area (Å²) in [5.74, 6) is 0.514. The fraction of sp³-hybridized carbons (Fsp3) is 0.909. The predicted molar refractivity (Wildman–Crippen MR) is 62.9 cm³/mol. The molecule has 0 unspecified atom stereocenters. The Labute approximate surface area is 91.5 Å². The van der Waals surface area contributed by atoms with Gasteiger partial charge in [-0.15, -0.1) is 0 Å². The summed E-state index contributed by atoms with van der Waals surface area (Å²) in [7, 11) is 0. The van der Waals surface area contributed by atoms with Crippen molar-refractivity contribution < 1.29 is 9.90 Å². The Balaban J connectivity index is 3.47. The maximum atomic E-state index is 10.3. The summed E-state index contributed by atoms with van der Waals surface area (Å²) < 4.78 is 0. The normalized spacial score (nSPS) is 11.6. The SMILES string of the molecule is CCC(C)(CC)CCCSCC(=O)O. The van der Waals surface area contributed by atoms with Crippen molar-refractivity contribution in [1.29, 1.82) is 0 Å². The number of carboxylic acid groups (broad SMARTS) is 1. The first-order valence-corrected chi connectivity index (χ1v) is 6.49. The first kappa shape index (κ1) is 13.8. The van der Waals surface area contributed by atoms with Crippen LogP contribution in [0.3, 0.4) is 0 Å². The molecule has 2 nitrogen and oxygen atoms in total. The maximum Gasteiger partial charge on any atom is 0.313 e. The van der Waals surface area contributed by atoms with Gasteiger partial charge in [-0.3, -0.25) is 4.79 Å². The van der Waals surface area contributed by atoms with Crippen LogP contribution in [0.5, 0.6) is 0 Å². The number of carboxylic acids is 1. The van der Waals surface area contributed by atoms with Crippen LogP contribution in [-0.4, -0.2) is 22.6 Å². The lowest BCUT2D eigenvalue weighted by Gasteiger charge is -2.26. The van der Waals surface area contributed by atoms with Gasteiger partial charge in [0.15, 0.2) is 0 Å². The highest BCUT2D eigenvalue weighted by Gasteiger charge is 2.18. The van der Waals surface area contributed by atoms with Gasteiger partial charge in [0.2, 0.25) is 0 Å². The third-order valence-electron chi connectivity index (χ3n) is 3.00. The fourth-order valence-corrected chi connectivity index (χ4v) is 2.03. The summed E-state index contributed by atoms with van der Waals surface area (Å²) in [5, 5.41) is 8.44. The molecule has 0 aromatic carbocycles. The van der Waals surface area contributed by atoms with Gasteiger partial charge in [0.25, 0.3) is 0 Å². The molecule has 0 amide bonds. The molecule has 0 aliphatic rings. The van der Waals surface area contributed by atoms with E-state index in [1.54, 1.807) is 0 Å². The fourth-order valence-electron chi connectivity index (χ4n) is 1.36. The van der Waals surface area contributed by atoms with E-state index in [4.69, 9.17) is 5.11 Å². The molecule has 3 heteroatoms. The number of hydrogen-bond donors (Lipinski definition) is 1. The molecule has 0 heterocycles. The minimum absolute atomic E-state index is 0.245. The molecule has 0 radical (unpaired) electrons. The topological polar surface area (TPSA) is 37.3 Å². The van der Waals surface area contributed by atoms with E-state index in [2.05, 4.69) is 20.8 Å². The summed E-state index contributed by atoms with van der Waals surface area (Å²) in [4.78, 5) is 10.3. The van der Waals surface area contributed by atoms with Crippen LogP contribution in [0.1, 0.15) is 46.5 Å². The molecular weight excluding hydrogens is 196 g/mol. The summed E-state index contributed by atoms with van der Waals surface area (Å²) in [6.07, 6.45) is 4.78. The van der Waals surface area contributed by atoms with Crippen molar-refractivity contribution in [3.63, 3.8) is 0 Å². The van der Waals surface area contributed by atoms with Crippen molar-refractivity contribution in [2.75, 3.05) is 11.5 Å². The van der Waals surface area contributed by atoms with Gasteiger partial charge < -0.3 is 5.11 Å². The van der Waals surface area contributed by atoms with E-state index in [-0.39, 0.29) is 5.75 Å². The molecule has 0 saturated heterocycles. The van der Waals surface area contributed by atoms with E-state index in [0.717, 1.165) is 12.2 Å². The lowest BCUT2D eigenvalue weighted by atomic mass is 9.81. The summed E-state index contributed by atoms with van der Waals surface area (Å²) in [5.41, 5.74) is 0.462. The molecule has 0 aliphatic carbocycles. The van der Waals surface area contributed by atoms with Gasteiger partial charge in [0.05, 0.1) is 5.75 Å². The van der Waals surface area contributed by atoms with Crippen LogP contribution in [0, 0.1) is 5.41 Å². The summed E-state index contributed by atoms with van der Waals surface area (Å²) in [6, 6.07) is 0. The van der Waals surface area contributed by atoms with Gasteiger partial charge in [-0.2, -0.15) is 11.8 Å². The highest BCUT2D eigenvalue weighted by molar-refractivity contribution is 7.99. The molecule has 84 valence electrons. The molecule has 0 rings (SSSR count). The number of hydrogen-bond acceptors (Lipinski definition) is 2. The molecule has 0 atom stereocenters. The second-order valence-electron chi connectivity index (χ2n) is 4.07. The molecular formula is C11H22O2S. The number of thioether (sulfide) groups is 1. The number of rotatable bonds is 8. The largest absolute Gasteiger partial charge is 0.481 e. The van der Waals surface area contributed by atoms with E-state index in [9.17, 15) is 4.79 Å². The molecule has 0 fully saturated rings. The average molecular weight is 218 g/mol. The molecule has 0 spiro atoms. The molecule has 1 N–H and O–H groups in total. The average Bonchev–Trinajstić information content (AvgIpc) is 2.16. The Morgan fingerprint density at radius 1 is 1.36 bits per heavy atom. The van der Waals surface area contributed by atoms with E-state index in [1.165, 1.54) is 31.0 Å². The van der Waals surface area contributed by atoms with Crippen LogP contribution < -0.4 is 0 Å². The molecule has 0 aromatic rings. The standard InChI is InChI=1S/C11H22O2S/c1-4-11(3,5-2)7-6-8-14-9-10(12)13/h4-9H2,1-3H3,(H,12,13). The Morgan fingerprint density at radius 2 is 1.93 bits per heavy atom. The highest BCUT2D eigenvalue weighted by atomic mass is 32.2. The quantitative estimate of drug-likeness (QED) is 0.634. The van der Waals surface area contributed by atoms with E-state index < -0.39 is 5.97 Å². The van der Waals surface area contributed by atoms with Crippen LogP contribution in [0.2, 0.25) is 0 Å². The smallest absolute Gasteiger partial charge is 0.313 e. The molecule has 0 aliphatic heterocycles. The van der Waals surface area contributed by atoms with Gasteiger partial charge in [-0.05, 0) is 24.0 Å². The molecule has 0 saturated carbocycles. The van der Waals surface area contributed by atoms with Gasteiger partial charge in [-0.1, -0.05) is 33.6 Å². The van der Waals surface area contributed by atoms with Gasteiger partial charge in [-0.25, -0.2) is 0 Å². The number of carbonyl (C=O) groups is 1. The first-order chi connectivity index (χ1) is 6.54. The third-order valence-corrected chi connectivity index (χ3v) is 4.03. The Kier molecular flexibility index (Phi) is 7.06. The van der Waals surface area contributed by atoms with Crippen molar-refractivity contribution in [2.24, 2.45) is 5.41 Å². The summed E-state index contributed by atoms with van der Waals surface area (Å²) >= 11 is 1.52. The van der Waals surface area contributed by atoms with Crippen molar-refractivity contribution >= 4 is 17.7 Å². The zero-order valence-electron chi connectivity index (χ0n) is 9.51. The monoisotopic (exact) mass is 218 g/mol. The predicted octanol–water partition coefficient (Wildman–Crippen LogP) is 3.41. The zero-order valence-corrected chi connectivity index (χ0v) is 10.3. The number of aliphatic carboxylic acids is 1. The Morgan fingerprint density at radius 3 is 2.36 bits per heavy atom. The van der Waals surface area contributed by atoms with E-state index >= 15 is 0 Å². The highest BCUT2D eigenvalue weighted by Crippen LogP contribution is 2.31. The lowest BCUT2D eigenvalue weighted by molar-refractivity contribution is -0.133. The lowest BCUT2D eigenvalue weighted by Crippen LogP contribution is -2.13. The van der Waals surface area contributed by atoms with Gasteiger partial charge >= 0.3 is 5.97 Å². The second kappa shape index (κ2) is 7.16. The zero-order chi connectivity index (χ0) is 11.0. The van der Waals surface area contributed by atoms with Crippen LogP contribution >= 0.6 is 11.8 Å². The van der Waals surface area contributed by atoms with Gasteiger partial charge in [0, 0.05) is 0 Å². The Bertz CT molecular complexity index is 165. The first-order valence-electron chi connectivity index (χ1n) is 5.33. The van der Waals surface area contributed by atoms with Crippen molar-refractivity contribution in [3.8, 4) is 0 Å². The van der Waals surface area contributed by atoms with Crippen molar-refractivity contribution in [1.82, 2.24) is 0 Å². The van der Waals surface area contributed by atoms with Crippen molar-refractivity contribution in [3.05, 3.63) is 0 Å². The van der Waals surface area contributed by atoms with Crippen molar-refractivity contribution in [2.45, 2.75) is 46.5 Å². The summed E-state index contributed by atoms with van der Waals surface area (Å²) in [6.45, 7) is 6.77. The maximum absolute atomic E-state index is 10.3. The minimum Gasteiger partial charge on any atom is -0.481 e. The van der Waals surface area contributed by atoms with Crippen LogP contribution in [-0.2, 0) is 4.79 Å². The van der Waals surface area contributed by atoms with E-state index in [0.29, 0.717) is 5.41 Å². The van der Waals surface area contributed by atoms with Crippen LogP contribution in [0.15, 0.2) is 0 Å². The molecule has 0 aromatic heterocycles. The Hall–Kier alpha value is -0.180. The van der Waals surface area contributed by atoms with Crippen LogP contribution in [0.25, 0.3) is 0 Å². The second-order valence-corrected chi connectivity index (χ2v) is 5.17. The van der Waals surface area contributed by atoms with Gasteiger partial charge in [0.1, 0.15) is 0 Å². The third kappa shape index (κ3) is 6.30.